The van der Waals surface area contributed by atoms with Crippen molar-refractivity contribution in [1.29, 1.82) is 0 Å². The average molecular weight is 1260 g/mol. The molecule has 1 saturated heterocycles. The number of nitrogens with zero attached hydrogens (tertiary/aromatic N) is 7. The van der Waals surface area contributed by atoms with Crippen molar-refractivity contribution in [3.05, 3.63) is 125 Å². The molecule has 8 rings (SSSR count). The number of halogens is 1. The first kappa shape index (κ1) is 67.3. The SMILES string of the molecule is Cc1cccc2c(OC(=O)N(CCOCCO)CCN(C)C(=O)OCc3ccc(NC(=O)[C@H](CCCCN4C(=O)CC(C(C)(C)C)C4=O)NC(=O)[C@H](C(C)C)N(C)C)cc3)cc3c(c12)[C@H](CCl)CN3C(=O)c1cn2cc(NC(=O)c3ccc(O)cc3)ccc2n1. The number of amides is 8. The molecule has 2 aromatic heterocycles. The number of carbonyl (C=O) groups excluding carboxylic acids is 8. The second-order valence-corrected chi connectivity index (χ2v) is 24.8. The minimum atomic E-state index is -0.929. The summed E-state index contributed by atoms with van der Waals surface area (Å²) >= 11 is 6.66. The fraction of sp³-hybridized carbons (Fsp3) is 0.439. The van der Waals surface area contributed by atoms with Crippen LogP contribution in [-0.4, -0.2) is 178 Å². The fourth-order valence-electron chi connectivity index (χ4n) is 11.4. The van der Waals surface area contributed by atoms with Crippen molar-refractivity contribution >= 4 is 92.7 Å². The number of imide groups is 1. The maximum absolute atomic E-state index is 14.6. The number of anilines is 3. The van der Waals surface area contributed by atoms with Gasteiger partial charge in [0, 0.05) is 93.1 Å². The lowest BCUT2D eigenvalue weighted by Crippen LogP contribution is -2.52. The van der Waals surface area contributed by atoms with E-state index in [4.69, 9.17) is 25.8 Å². The molecule has 480 valence electrons. The van der Waals surface area contributed by atoms with Crippen molar-refractivity contribution in [2.24, 2.45) is 17.3 Å². The van der Waals surface area contributed by atoms with Crippen molar-refractivity contribution in [3.63, 3.8) is 0 Å². The van der Waals surface area contributed by atoms with Crippen LogP contribution in [0.5, 0.6) is 11.5 Å². The van der Waals surface area contributed by atoms with Crippen LogP contribution in [0.4, 0.5) is 26.7 Å². The summed E-state index contributed by atoms with van der Waals surface area (Å²) in [6.45, 7) is 11.7. The number of aliphatic hydroxyl groups excluding tert-OH is 1. The van der Waals surface area contributed by atoms with Gasteiger partial charge in [-0.25, -0.2) is 14.6 Å². The molecule has 0 bridgehead atoms. The number of unbranched alkanes of at least 4 members (excludes halogenated alkanes) is 1. The number of pyridine rings is 1. The van der Waals surface area contributed by atoms with Gasteiger partial charge in [0.15, 0.2) is 0 Å². The van der Waals surface area contributed by atoms with Crippen LogP contribution in [0.2, 0.25) is 0 Å². The molecule has 8 amide bonds. The molecule has 4 aromatic carbocycles. The van der Waals surface area contributed by atoms with Gasteiger partial charge in [-0.05, 0) is 122 Å². The third-order valence-corrected chi connectivity index (χ3v) is 16.6. The molecule has 23 nitrogen and oxygen atoms in total. The number of ether oxygens (including phenoxy) is 3. The molecule has 0 spiro atoms. The number of carbonyl (C=O) groups is 8. The number of alkyl halides is 1. The minimum Gasteiger partial charge on any atom is -0.508 e. The number of nitrogens with one attached hydrogen (secondary N) is 3. The van der Waals surface area contributed by atoms with E-state index in [0.29, 0.717) is 52.1 Å². The lowest BCUT2D eigenvalue weighted by atomic mass is 9.80. The number of likely N-dealkylation sites (tertiary alicyclic amines) is 1. The van der Waals surface area contributed by atoms with Crippen molar-refractivity contribution < 1.29 is 62.8 Å². The zero-order valence-electron chi connectivity index (χ0n) is 52.4. The minimum absolute atomic E-state index is 0.00422. The first-order valence-electron chi connectivity index (χ1n) is 30.1. The van der Waals surface area contributed by atoms with E-state index < -0.39 is 42.0 Å². The predicted molar refractivity (Wildman–Crippen MR) is 341 cm³/mol. The Bertz CT molecular complexity index is 3600. The Kier molecular flexibility index (Phi) is 22.3. The van der Waals surface area contributed by atoms with Crippen LogP contribution in [0.3, 0.4) is 0 Å². The number of phenolic OH excluding ortho intramolecular Hbond substituents is 1. The molecule has 4 heterocycles. The highest BCUT2D eigenvalue weighted by molar-refractivity contribution is 6.19. The van der Waals surface area contributed by atoms with E-state index >= 15 is 0 Å². The number of fused-ring (bicyclic) bond motifs is 4. The number of aryl methyl sites for hydroxylation is 1. The number of likely N-dealkylation sites (N-methyl/N-ethyl adjacent to an activating group) is 2. The Hall–Kier alpha value is -8.64. The van der Waals surface area contributed by atoms with Crippen LogP contribution >= 0.6 is 11.6 Å². The van der Waals surface area contributed by atoms with E-state index in [1.54, 1.807) is 83.2 Å². The number of rotatable bonds is 26. The maximum Gasteiger partial charge on any atom is 0.415 e. The molecule has 1 fully saturated rings. The van der Waals surface area contributed by atoms with Crippen LogP contribution in [0, 0.1) is 24.2 Å². The van der Waals surface area contributed by atoms with E-state index in [9.17, 15) is 48.6 Å². The first-order valence-corrected chi connectivity index (χ1v) is 30.7. The fourth-order valence-corrected chi connectivity index (χ4v) is 11.7. The van der Waals surface area contributed by atoms with Gasteiger partial charge in [0.1, 0.15) is 35.5 Å². The van der Waals surface area contributed by atoms with Crippen LogP contribution in [-0.2, 0) is 35.3 Å². The van der Waals surface area contributed by atoms with Crippen molar-refractivity contribution in [3.8, 4) is 11.5 Å². The van der Waals surface area contributed by atoms with Crippen LogP contribution < -0.4 is 25.6 Å². The van der Waals surface area contributed by atoms with E-state index in [2.05, 4.69) is 20.9 Å². The van der Waals surface area contributed by atoms with Gasteiger partial charge in [0.2, 0.25) is 23.6 Å². The number of phenols is 1. The molecule has 2 aliphatic heterocycles. The third-order valence-electron chi connectivity index (χ3n) is 16.2. The molecule has 6 aromatic rings. The van der Waals surface area contributed by atoms with Crippen molar-refractivity contribution in [1.82, 2.24) is 34.3 Å². The molecular formula is C66H81ClN10O13. The van der Waals surface area contributed by atoms with Gasteiger partial charge in [-0.2, -0.15) is 0 Å². The predicted octanol–water partition coefficient (Wildman–Crippen LogP) is 8.42. The summed E-state index contributed by atoms with van der Waals surface area (Å²) in [4.78, 5) is 121. The van der Waals surface area contributed by atoms with E-state index in [1.807, 2.05) is 59.7 Å². The summed E-state index contributed by atoms with van der Waals surface area (Å²) < 4.78 is 19.1. The lowest BCUT2D eigenvalue weighted by Gasteiger charge is -2.29. The van der Waals surface area contributed by atoms with Gasteiger partial charge in [0.05, 0.1) is 43.2 Å². The Morgan fingerprint density at radius 2 is 1.57 bits per heavy atom. The molecule has 0 saturated carbocycles. The quantitative estimate of drug-likeness (QED) is 0.0194. The van der Waals surface area contributed by atoms with Gasteiger partial charge >= 0.3 is 12.2 Å². The van der Waals surface area contributed by atoms with Gasteiger partial charge in [-0.3, -0.25) is 38.6 Å². The number of benzene rings is 4. The summed E-state index contributed by atoms with van der Waals surface area (Å²) in [7, 11) is 5.12. The maximum atomic E-state index is 14.6. The average Bonchev–Trinajstić information content (AvgIpc) is 1.67. The van der Waals surface area contributed by atoms with Crippen LogP contribution in [0.25, 0.3) is 16.4 Å². The smallest absolute Gasteiger partial charge is 0.415 e. The molecule has 90 heavy (non-hydrogen) atoms. The normalized spacial score (nSPS) is 15.5. The Balaban J connectivity index is 0.902. The molecule has 0 aliphatic carbocycles. The second kappa shape index (κ2) is 29.8. The number of aromatic nitrogens is 2. The van der Waals surface area contributed by atoms with Gasteiger partial charge < -0.3 is 59.5 Å². The summed E-state index contributed by atoms with van der Waals surface area (Å²) in [5.41, 5.74) is 4.16. The molecule has 0 radical (unpaired) electrons. The van der Waals surface area contributed by atoms with E-state index in [0.717, 1.165) is 16.5 Å². The molecule has 4 atom stereocenters. The Labute approximate surface area is 528 Å². The van der Waals surface area contributed by atoms with Crippen molar-refractivity contribution in [2.45, 2.75) is 91.8 Å². The third kappa shape index (κ3) is 16.2. The van der Waals surface area contributed by atoms with Gasteiger partial charge in [-0.15, -0.1) is 11.6 Å². The number of imidazole rings is 1. The number of hydrogen-bond acceptors (Lipinski definition) is 15. The first-order chi connectivity index (χ1) is 42.9. The lowest BCUT2D eigenvalue weighted by molar-refractivity contribution is -0.140. The van der Waals surface area contributed by atoms with Crippen LogP contribution in [0.1, 0.15) is 104 Å². The number of aliphatic hydroxyl groups is 1. The zero-order chi connectivity index (χ0) is 65.1. The summed E-state index contributed by atoms with van der Waals surface area (Å²) in [6.07, 6.45) is 3.05. The summed E-state index contributed by atoms with van der Waals surface area (Å²) in [5.74, 6) is -2.35. The summed E-state index contributed by atoms with van der Waals surface area (Å²) in [5, 5.41) is 29.1. The van der Waals surface area contributed by atoms with Crippen LogP contribution in [0.15, 0.2) is 97.3 Å². The Morgan fingerprint density at radius 1 is 0.844 bits per heavy atom. The molecule has 2 aliphatic rings. The standard InChI is InChI=1S/C66H81ClN10O13/c1-40(2)58(72(7)8)61(83)71-50(15-10-11-26-76-55(80)33-49(62(76)84)66(4,5)6)60(82)68-45-20-16-42(17-21-45)39-89-64(86)73(9)27-28-74(29-31-88-32-30-78)65(87)90-53-34-52-57(56-41(3)13-12-14-48(53)56)44(35-67)36-77(52)63(85)51-38-75-37-46(22-25-54(75)70-51)69-59(81)43-18-23-47(79)24-19-43/h12-14,16-25,34,37-38,40,44,49-50,58,78-79H,10-11,15,26-33,35-36,39H2,1-9H3,(H,68,82)(H,69,81)(H,71,83)/t44-,49?,50+,58+/m1/s1. The largest absolute Gasteiger partial charge is 0.508 e. The monoisotopic (exact) mass is 1260 g/mol. The van der Waals surface area contributed by atoms with Crippen molar-refractivity contribution in [2.75, 3.05) is 95.1 Å². The molecule has 1 unspecified atom stereocenters. The van der Waals surface area contributed by atoms with E-state index in [1.165, 1.54) is 46.0 Å². The molecule has 5 N–H and O–H groups in total. The highest BCUT2D eigenvalue weighted by Crippen LogP contribution is 2.47. The molecule has 24 heteroatoms. The highest BCUT2D eigenvalue weighted by Gasteiger charge is 2.44. The molecular weight excluding hydrogens is 1180 g/mol. The highest BCUT2D eigenvalue weighted by atomic mass is 35.5. The summed E-state index contributed by atoms with van der Waals surface area (Å²) in [6, 6.07) is 21.6. The second-order valence-electron chi connectivity index (χ2n) is 24.5. The van der Waals surface area contributed by atoms with Gasteiger partial charge in [-0.1, -0.05) is 65.0 Å². The van der Waals surface area contributed by atoms with E-state index in [-0.39, 0.29) is 136 Å². The zero-order valence-corrected chi connectivity index (χ0v) is 53.2. The topological polar surface area (TPSA) is 274 Å². The number of hydrogen-bond donors (Lipinski definition) is 5. The Morgan fingerprint density at radius 3 is 2.23 bits per heavy atom. The number of aromatic hydroxyl groups is 1. The van der Waals surface area contributed by atoms with Gasteiger partial charge in [0.25, 0.3) is 11.8 Å².